The van der Waals surface area contributed by atoms with Crippen molar-refractivity contribution < 1.29 is 9.47 Å². The Bertz CT molecular complexity index is 2180. The van der Waals surface area contributed by atoms with E-state index in [0.717, 1.165) is 56.5 Å². The van der Waals surface area contributed by atoms with E-state index in [9.17, 15) is 0 Å². The largest absolute Gasteiger partial charge is 0.485 e. The number of rotatable bonds is 5. The summed E-state index contributed by atoms with van der Waals surface area (Å²) in [4.78, 5) is 2.69. The van der Waals surface area contributed by atoms with Gasteiger partial charge in [-0.3, -0.25) is 0 Å². The van der Waals surface area contributed by atoms with Crippen LogP contribution in [0.4, 0.5) is 0 Å². The predicted molar refractivity (Wildman–Crippen MR) is 213 cm³/mol. The zero-order valence-electron chi connectivity index (χ0n) is 30.7. The summed E-state index contributed by atoms with van der Waals surface area (Å²) in [5.41, 5.74) is 15.0. The van der Waals surface area contributed by atoms with Gasteiger partial charge in [-0.1, -0.05) is 85.0 Å². The molecule has 0 N–H and O–H groups in total. The second kappa shape index (κ2) is 13.0. The lowest BCUT2D eigenvalue weighted by Crippen LogP contribution is -2.39. The van der Waals surface area contributed by atoms with Crippen molar-refractivity contribution in [1.82, 2.24) is 4.90 Å². The van der Waals surface area contributed by atoms with Crippen LogP contribution in [0.15, 0.2) is 177 Å². The summed E-state index contributed by atoms with van der Waals surface area (Å²) in [5, 5.41) is 0. The van der Waals surface area contributed by atoms with E-state index in [2.05, 4.69) is 120 Å². The first-order valence-electron chi connectivity index (χ1n) is 20.6. The van der Waals surface area contributed by atoms with E-state index < -0.39 is 0 Å². The average Bonchev–Trinajstić information content (AvgIpc) is 3.80. The minimum Gasteiger partial charge on any atom is -0.485 e. The molecule has 8 aliphatic carbocycles. The van der Waals surface area contributed by atoms with Gasteiger partial charge >= 0.3 is 0 Å². The van der Waals surface area contributed by atoms with E-state index in [1.165, 1.54) is 66.0 Å². The van der Waals surface area contributed by atoms with Gasteiger partial charge in [0.05, 0.1) is 12.0 Å². The Hall–Kier alpha value is -4.76. The van der Waals surface area contributed by atoms with Crippen molar-refractivity contribution in [3.8, 4) is 5.75 Å². The smallest absolute Gasteiger partial charge is 0.130 e. The van der Waals surface area contributed by atoms with Crippen LogP contribution in [0.3, 0.4) is 0 Å². The van der Waals surface area contributed by atoms with Crippen molar-refractivity contribution in [2.24, 2.45) is 17.8 Å². The fourth-order valence-electron chi connectivity index (χ4n) is 11.1. The molecular formula is C50H49NO2. The maximum Gasteiger partial charge on any atom is 0.130 e. The molecule has 3 nitrogen and oxygen atoms in total. The number of hydrogen-bond donors (Lipinski definition) is 0. The van der Waals surface area contributed by atoms with Crippen LogP contribution in [-0.2, 0) is 4.74 Å². The van der Waals surface area contributed by atoms with Crippen molar-refractivity contribution in [3.63, 3.8) is 0 Å². The lowest BCUT2D eigenvalue weighted by atomic mass is 9.76. The summed E-state index contributed by atoms with van der Waals surface area (Å²) >= 11 is 0. The molecule has 266 valence electrons. The molecule has 1 aromatic carbocycles. The molecule has 1 aromatic rings. The molecule has 0 radical (unpaired) electrons. The summed E-state index contributed by atoms with van der Waals surface area (Å²) in [7, 11) is 0. The van der Waals surface area contributed by atoms with Crippen molar-refractivity contribution in [2.75, 3.05) is 0 Å². The number of benzene rings is 1. The molecule has 0 fully saturated rings. The summed E-state index contributed by atoms with van der Waals surface area (Å²) in [6.45, 7) is 0. The first kappa shape index (κ1) is 31.7. The minimum absolute atomic E-state index is 0.143. The molecule has 53 heavy (non-hydrogen) atoms. The highest BCUT2D eigenvalue weighted by atomic mass is 16.5. The lowest BCUT2D eigenvalue weighted by molar-refractivity contribution is 0.165. The van der Waals surface area contributed by atoms with Crippen LogP contribution in [0.5, 0.6) is 5.75 Å². The van der Waals surface area contributed by atoms with E-state index in [1.54, 1.807) is 27.9 Å². The SMILES string of the molecule is C1=CC(N(C2=CCC(C3=CC4C5=C(OC4C=C3)C(C3CC=CCC3)=CCC5)C=C2)C2=CC3=C(CC2)C2=C(C=CCC2)CC3)C2C(=C1)Oc1ccccc12. The van der Waals surface area contributed by atoms with Gasteiger partial charge < -0.3 is 14.4 Å². The zero-order chi connectivity index (χ0) is 34.9. The molecule has 0 spiro atoms. The van der Waals surface area contributed by atoms with Gasteiger partial charge in [0.2, 0.25) is 0 Å². The molecule has 3 heteroatoms. The summed E-state index contributed by atoms with van der Waals surface area (Å²) < 4.78 is 13.3. The second-order valence-corrected chi connectivity index (χ2v) is 16.5. The van der Waals surface area contributed by atoms with Crippen LogP contribution in [-0.4, -0.2) is 17.0 Å². The maximum atomic E-state index is 6.76. The molecule has 2 heterocycles. The van der Waals surface area contributed by atoms with E-state index in [4.69, 9.17) is 9.47 Å². The molecule has 10 aliphatic rings. The quantitative estimate of drug-likeness (QED) is 0.286. The molecule has 0 aromatic heterocycles. The Labute approximate surface area is 314 Å². The fourth-order valence-corrected chi connectivity index (χ4v) is 11.1. The highest BCUT2D eigenvalue weighted by Crippen LogP contribution is 2.51. The second-order valence-electron chi connectivity index (χ2n) is 16.5. The monoisotopic (exact) mass is 695 g/mol. The van der Waals surface area contributed by atoms with Crippen LogP contribution in [0.1, 0.15) is 88.5 Å². The molecular weight excluding hydrogens is 647 g/mol. The highest BCUT2D eigenvalue weighted by molar-refractivity contribution is 5.56. The number of para-hydroxylation sites is 1. The van der Waals surface area contributed by atoms with Gasteiger partial charge in [0.1, 0.15) is 23.4 Å². The Morgan fingerprint density at radius 1 is 0.755 bits per heavy atom. The Balaban J connectivity index is 0.908. The topological polar surface area (TPSA) is 21.7 Å². The third-order valence-electron chi connectivity index (χ3n) is 13.6. The lowest BCUT2D eigenvalue weighted by Gasteiger charge is -2.42. The van der Waals surface area contributed by atoms with Gasteiger partial charge in [-0.15, -0.1) is 0 Å². The minimum atomic E-state index is 0.143. The third-order valence-corrected chi connectivity index (χ3v) is 13.6. The molecule has 0 saturated carbocycles. The predicted octanol–water partition coefficient (Wildman–Crippen LogP) is 12.0. The zero-order valence-corrected chi connectivity index (χ0v) is 30.7. The summed E-state index contributed by atoms with van der Waals surface area (Å²) in [6, 6.07) is 8.82. The molecule has 0 bridgehead atoms. The first-order chi connectivity index (χ1) is 26.3. The molecule has 0 amide bonds. The number of hydrogen-bond acceptors (Lipinski definition) is 3. The molecule has 6 atom stereocenters. The Morgan fingerprint density at radius 2 is 1.70 bits per heavy atom. The highest BCUT2D eigenvalue weighted by Gasteiger charge is 2.42. The third kappa shape index (κ3) is 5.37. The van der Waals surface area contributed by atoms with Gasteiger partial charge in [0, 0.05) is 28.8 Å². The fraction of sp³-hybridized carbons (Fsp3) is 0.360. The van der Waals surface area contributed by atoms with Gasteiger partial charge in [-0.2, -0.15) is 0 Å². The van der Waals surface area contributed by atoms with Crippen LogP contribution in [0.25, 0.3) is 0 Å². The van der Waals surface area contributed by atoms with E-state index >= 15 is 0 Å². The molecule has 11 rings (SSSR count). The van der Waals surface area contributed by atoms with Crippen LogP contribution < -0.4 is 4.74 Å². The Kier molecular flexibility index (Phi) is 7.77. The van der Waals surface area contributed by atoms with Crippen LogP contribution in [0.2, 0.25) is 0 Å². The van der Waals surface area contributed by atoms with Crippen molar-refractivity contribution in [2.45, 2.75) is 95.1 Å². The van der Waals surface area contributed by atoms with Crippen molar-refractivity contribution in [1.29, 1.82) is 0 Å². The van der Waals surface area contributed by atoms with E-state index in [0.29, 0.717) is 17.8 Å². The van der Waals surface area contributed by atoms with Gasteiger partial charge in [-0.25, -0.2) is 0 Å². The first-order valence-corrected chi connectivity index (χ1v) is 20.6. The van der Waals surface area contributed by atoms with Crippen molar-refractivity contribution in [3.05, 3.63) is 183 Å². The summed E-state index contributed by atoms with van der Waals surface area (Å²) in [5.74, 6) is 4.83. The number of nitrogens with zero attached hydrogens (tertiary/aromatic N) is 1. The molecule has 2 aliphatic heterocycles. The summed E-state index contributed by atoms with van der Waals surface area (Å²) in [6.07, 6.45) is 50.1. The number of allylic oxidation sites excluding steroid dienone is 19. The maximum absolute atomic E-state index is 6.76. The van der Waals surface area contributed by atoms with Crippen LogP contribution >= 0.6 is 0 Å². The van der Waals surface area contributed by atoms with Gasteiger partial charge in [-0.05, 0) is 152 Å². The van der Waals surface area contributed by atoms with E-state index in [-0.39, 0.29) is 18.1 Å². The number of fused-ring (bicyclic) bond motifs is 6. The van der Waals surface area contributed by atoms with Crippen molar-refractivity contribution >= 4 is 0 Å². The molecule has 6 unspecified atom stereocenters. The van der Waals surface area contributed by atoms with Gasteiger partial charge in [0.25, 0.3) is 0 Å². The average molecular weight is 696 g/mol. The normalized spacial score (nSPS) is 31.9. The Morgan fingerprint density at radius 3 is 2.62 bits per heavy atom. The number of ether oxygens (including phenoxy) is 2. The van der Waals surface area contributed by atoms with Gasteiger partial charge in [0.15, 0.2) is 0 Å². The standard InChI is InChI=1S/C50H49NO2/c1-2-10-33(11-3-1)41-15-8-16-42-44-31-35(24-29-47(44)53-50(41)42)32-22-25-37(26-23-32)51(45-17-9-19-48-49(45)43-14-6-7-18-46(43)52-48)38-27-28-40-36(30-38)21-20-34-12-4-5-13-39(34)40/h1-2,4,6-7,9,12,14-15,17-19,22,24-26,29-33,44-45,47,49H,3,5,8,10-11,13,16,20-21,23,27-28H2. The van der Waals surface area contributed by atoms with E-state index in [1.807, 2.05) is 0 Å². The van der Waals surface area contributed by atoms with Crippen LogP contribution in [0, 0.1) is 17.8 Å². The molecule has 0 saturated heterocycles.